The van der Waals surface area contributed by atoms with Gasteiger partial charge in [-0.25, -0.2) is 14.6 Å². The molecule has 1 aromatic heterocycles. The second-order valence-corrected chi connectivity index (χ2v) is 9.55. The fraction of sp³-hybridized carbons (Fsp3) is 0.519. The maximum Gasteiger partial charge on any atom is 0.408 e. The minimum absolute atomic E-state index is 0.115. The zero-order chi connectivity index (χ0) is 24.5. The van der Waals surface area contributed by atoms with Crippen LogP contribution in [0.2, 0.25) is 0 Å². The number of carboxylic acid groups (broad SMARTS) is 1. The molecule has 4 rings (SSSR count). The van der Waals surface area contributed by atoms with Crippen LogP contribution in [0.5, 0.6) is 0 Å². The van der Waals surface area contributed by atoms with Crippen molar-refractivity contribution in [3.8, 4) is 0 Å². The number of nitrogens with one attached hydrogen (secondary N) is 2. The Hall–Kier alpha value is -3.13. The molecule has 2 aliphatic heterocycles. The standard InChI is InChI=1S/C27H36N4O4/c32-26(33)24(30-27(34)35-19-21-5-2-1-3-6-21)14-18-31-16-12-20(13-17-31)8-10-23-11-9-22-7-4-15-28-25(22)29-23/h1-3,5-6,9,11,20,24H,4,7-8,10,12-19H2,(H,28,29)(H,30,34)(H,32,33)/t24-/m0/s1. The Morgan fingerprint density at radius 1 is 1.17 bits per heavy atom. The van der Waals surface area contributed by atoms with Gasteiger partial charge in [-0.1, -0.05) is 36.4 Å². The molecule has 3 N–H and O–H groups in total. The van der Waals surface area contributed by atoms with Crippen molar-refractivity contribution in [1.82, 2.24) is 15.2 Å². The first-order chi connectivity index (χ1) is 17.1. The second-order valence-electron chi connectivity index (χ2n) is 9.55. The number of likely N-dealkylation sites (tertiary alicyclic amines) is 1. The highest BCUT2D eigenvalue weighted by Gasteiger charge is 2.24. The average molecular weight is 481 g/mol. The topological polar surface area (TPSA) is 104 Å². The number of amides is 1. The molecule has 8 heteroatoms. The third-order valence-electron chi connectivity index (χ3n) is 7.00. The Morgan fingerprint density at radius 3 is 2.74 bits per heavy atom. The fourth-order valence-electron chi connectivity index (χ4n) is 4.83. The molecule has 0 aliphatic carbocycles. The van der Waals surface area contributed by atoms with Gasteiger partial charge in [0.1, 0.15) is 18.5 Å². The van der Waals surface area contributed by atoms with E-state index in [-0.39, 0.29) is 6.61 Å². The lowest BCUT2D eigenvalue weighted by Gasteiger charge is -2.32. The summed E-state index contributed by atoms with van der Waals surface area (Å²) < 4.78 is 5.17. The van der Waals surface area contributed by atoms with E-state index >= 15 is 0 Å². The summed E-state index contributed by atoms with van der Waals surface area (Å²) in [7, 11) is 0. The molecule has 0 unspecified atom stereocenters. The first-order valence-corrected chi connectivity index (χ1v) is 12.7. The molecule has 1 fully saturated rings. The SMILES string of the molecule is O=C(N[C@@H](CCN1CCC(CCc2ccc3c(n2)NCCC3)CC1)C(=O)O)OCc1ccccc1. The number of fused-ring (bicyclic) bond motifs is 1. The molecule has 35 heavy (non-hydrogen) atoms. The lowest BCUT2D eigenvalue weighted by Crippen LogP contribution is -2.44. The Kier molecular flexibility index (Phi) is 8.95. The molecule has 0 spiro atoms. The highest BCUT2D eigenvalue weighted by Crippen LogP contribution is 2.24. The van der Waals surface area contributed by atoms with Crippen LogP contribution >= 0.6 is 0 Å². The molecule has 1 atom stereocenters. The molecule has 1 amide bonds. The Balaban J connectivity index is 1.14. The van der Waals surface area contributed by atoms with Crippen LogP contribution in [0.1, 0.15) is 48.9 Å². The summed E-state index contributed by atoms with van der Waals surface area (Å²) in [6.45, 7) is 3.67. The molecule has 2 aliphatic rings. The first kappa shape index (κ1) is 25.0. The van der Waals surface area contributed by atoms with Gasteiger partial charge >= 0.3 is 12.1 Å². The number of aliphatic carboxylic acids is 1. The molecule has 1 aromatic carbocycles. The van der Waals surface area contributed by atoms with E-state index in [1.54, 1.807) is 0 Å². The van der Waals surface area contributed by atoms with Crippen molar-refractivity contribution in [2.24, 2.45) is 5.92 Å². The fourth-order valence-corrected chi connectivity index (χ4v) is 4.83. The molecule has 0 radical (unpaired) electrons. The van der Waals surface area contributed by atoms with E-state index in [2.05, 4.69) is 27.7 Å². The lowest BCUT2D eigenvalue weighted by molar-refractivity contribution is -0.139. The van der Waals surface area contributed by atoms with E-state index in [4.69, 9.17) is 9.72 Å². The number of hydrogen-bond acceptors (Lipinski definition) is 6. The van der Waals surface area contributed by atoms with E-state index < -0.39 is 18.1 Å². The summed E-state index contributed by atoms with van der Waals surface area (Å²) >= 11 is 0. The number of alkyl carbamates (subject to hydrolysis) is 1. The monoisotopic (exact) mass is 480 g/mol. The summed E-state index contributed by atoms with van der Waals surface area (Å²) in [5.41, 5.74) is 3.35. The van der Waals surface area contributed by atoms with E-state index in [0.29, 0.717) is 18.9 Å². The number of rotatable bonds is 10. The minimum Gasteiger partial charge on any atom is -0.480 e. The molecule has 8 nitrogen and oxygen atoms in total. The maximum absolute atomic E-state index is 12.1. The average Bonchev–Trinajstić information content (AvgIpc) is 2.89. The Labute approximate surface area is 207 Å². The molecule has 0 bridgehead atoms. The van der Waals surface area contributed by atoms with Crippen LogP contribution in [0.3, 0.4) is 0 Å². The third-order valence-corrected chi connectivity index (χ3v) is 7.00. The highest BCUT2D eigenvalue weighted by atomic mass is 16.5. The van der Waals surface area contributed by atoms with Crippen LogP contribution in [0, 0.1) is 5.92 Å². The van der Waals surface area contributed by atoms with Gasteiger partial charge in [-0.2, -0.15) is 0 Å². The van der Waals surface area contributed by atoms with Crippen LogP contribution in [-0.2, 0) is 29.0 Å². The molecular weight excluding hydrogens is 444 g/mol. The maximum atomic E-state index is 12.1. The van der Waals surface area contributed by atoms with Crippen LogP contribution in [0.25, 0.3) is 0 Å². The van der Waals surface area contributed by atoms with Crippen LogP contribution in [0.15, 0.2) is 42.5 Å². The van der Waals surface area contributed by atoms with Gasteiger partial charge < -0.3 is 25.4 Å². The van der Waals surface area contributed by atoms with Gasteiger partial charge in [0.25, 0.3) is 0 Å². The van der Waals surface area contributed by atoms with Gasteiger partial charge in [0, 0.05) is 18.8 Å². The summed E-state index contributed by atoms with van der Waals surface area (Å²) in [4.78, 5) is 30.8. The number of piperidine rings is 1. The first-order valence-electron chi connectivity index (χ1n) is 12.7. The van der Waals surface area contributed by atoms with Gasteiger partial charge in [0.15, 0.2) is 0 Å². The number of carbonyl (C=O) groups excluding carboxylic acids is 1. The number of ether oxygens (including phenoxy) is 1. The Morgan fingerprint density at radius 2 is 1.97 bits per heavy atom. The van der Waals surface area contributed by atoms with Crippen molar-refractivity contribution in [3.63, 3.8) is 0 Å². The molecular formula is C27H36N4O4. The third kappa shape index (κ3) is 7.68. The van der Waals surface area contributed by atoms with Crippen molar-refractivity contribution >= 4 is 17.9 Å². The smallest absolute Gasteiger partial charge is 0.408 e. The Bertz CT molecular complexity index is 976. The number of aryl methyl sites for hydroxylation is 2. The quantitative estimate of drug-likeness (QED) is 0.474. The van der Waals surface area contributed by atoms with Crippen molar-refractivity contribution < 1.29 is 19.4 Å². The number of anilines is 1. The van der Waals surface area contributed by atoms with Crippen molar-refractivity contribution in [2.75, 3.05) is 31.5 Å². The predicted octanol–water partition coefficient (Wildman–Crippen LogP) is 3.85. The van der Waals surface area contributed by atoms with Gasteiger partial charge in [-0.3, -0.25) is 0 Å². The molecule has 0 saturated carbocycles. The summed E-state index contributed by atoms with van der Waals surface area (Å²) in [5.74, 6) is 0.691. The van der Waals surface area contributed by atoms with Gasteiger partial charge in [-0.05, 0) is 81.1 Å². The molecule has 1 saturated heterocycles. The highest BCUT2D eigenvalue weighted by molar-refractivity contribution is 5.79. The van der Waals surface area contributed by atoms with Crippen LogP contribution < -0.4 is 10.6 Å². The molecule has 2 aromatic rings. The van der Waals surface area contributed by atoms with Gasteiger partial charge in [0.05, 0.1) is 0 Å². The van der Waals surface area contributed by atoms with Crippen LogP contribution in [0.4, 0.5) is 10.6 Å². The number of nitrogens with zero attached hydrogens (tertiary/aromatic N) is 2. The number of aromatic nitrogens is 1. The molecule has 3 heterocycles. The number of benzene rings is 1. The zero-order valence-corrected chi connectivity index (χ0v) is 20.2. The van der Waals surface area contributed by atoms with Crippen molar-refractivity contribution in [2.45, 2.75) is 57.6 Å². The second kappa shape index (κ2) is 12.5. The van der Waals surface area contributed by atoms with Gasteiger partial charge in [-0.15, -0.1) is 0 Å². The van der Waals surface area contributed by atoms with Crippen molar-refractivity contribution in [1.29, 1.82) is 0 Å². The van der Waals surface area contributed by atoms with E-state index in [0.717, 1.165) is 68.8 Å². The lowest BCUT2D eigenvalue weighted by atomic mass is 9.91. The number of hydrogen-bond donors (Lipinski definition) is 3. The van der Waals surface area contributed by atoms with E-state index in [1.165, 1.54) is 12.0 Å². The normalized spacial score (nSPS) is 17.1. The molecule has 188 valence electrons. The largest absolute Gasteiger partial charge is 0.480 e. The number of carboxylic acids is 1. The minimum atomic E-state index is -1.04. The van der Waals surface area contributed by atoms with E-state index in [1.807, 2.05) is 30.3 Å². The number of pyridine rings is 1. The van der Waals surface area contributed by atoms with E-state index in [9.17, 15) is 14.7 Å². The van der Waals surface area contributed by atoms with Crippen LogP contribution in [-0.4, -0.2) is 59.3 Å². The van der Waals surface area contributed by atoms with Gasteiger partial charge in [0.2, 0.25) is 0 Å². The zero-order valence-electron chi connectivity index (χ0n) is 20.2. The summed E-state index contributed by atoms with van der Waals surface area (Å²) in [5, 5.41) is 15.4. The van der Waals surface area contributed by atoms with Crippen molar-refractivity contribution in [3.05, 3.63) is 59.3 Å². The summed E-state index contributed by atoms with van der Waals surface area (Å²) in [6, 6.07) is 12.8. The summed E-state index contributed by atoms with van der Waals surface area (Å²) in [6.07, 6.45) is 6.27. The predicted molar refractivity (Wildman–Crippen MR) is 134 cm³/mol. The number of carbonyl (C=O) groups is 2.